The average Bonchev–Trinajstić information content (AvgIpc) is 3.27. The first-order valence-corrected chi connectivity index (χ1v) is 9.60. The molecule has 4 aromatic rings. The summed E-state index contributed by atoms with van der Waals surface area (Å²) < 4.78 is 10.7. The number of rotatable bonds is 8. The zero-order chi connectivity index (χ0) is 22.5. The molecule has 2 heterocycles. The molecule has 0 atom stereocenters. The highest BCUT2D eigenvalue weighted by Crippen LogP contribution is 2.31. The first-order chi connectivity index (χ1) is 15.6. The van der Waals surface area contributed by atoms with E-state index in [0.717, 1.165) is 5.69 Å². The third-order valence-electron chi connectivity index (χ3n) is 4.57. The number of nitrogens with zero attached hydrogens (tertiary/aromatic N) is 3. The second-order valence-corrected chi connectivity index (χ2v) is 6.70. The van der Waals surface area contributed by atoms with Crippen molar-refractivity contribution >= 4 is 29.0 Å². The van der Waals surface area contributed by atoms with E-state index in [2.05, 4.69) is 30.8 Å². The number of anilines is 4. The molecule has 0 radical (unpaired) electrons. The van der Waals surface area contributed by atoms with Crippen molar-refractivity contribution in [2.45, 2.75) is 0 Å². The molecule has 10 heteroatoms. The van der Waals surface area contributed by atoms with Gasteiger partial charge in [-0.05, 0) is 30.3 Å². The molecule has 1 amide bonds. The van der Waals surface area contributed by atoms with Crippen LogP contribution < -0.4 is 25.8 Å². The van der Waals surface area contributed by atoms with Crippen LogP contribution in [0.1, 0.15) is 10.4 Å². The van der Waals surface area contributed by atoms with Crippen molar-refractivity contribution < 1.29 is 14.3 Å². The van der Waals surface area contributed by atoms with Gasteiger partial charge in [0.15, 0.2) is 5.82 Å². The lowest BCUT2D eigenvalue weighted by molar-refractivity contribution is 0.100. The molecule has 2 aromatic heterocycles. The van der Waals surface area contributed by atoms with Crippen molar-refractivity contribution in [3.63, 3.8) is 0 Å². The Hall–Kier alpha value is -4.60. The van der Waals surface area contributed by atoms with Crippen LogP contribution >= 0.6 is 0 Å². The van der Waals surface area contributed by atoms with E-state index in [4.69, 9.17) is 15.2 Å². The second-order valence-electron chi connectivity index (χ2n) is 6.70. The van der Waals surface area contributed by atoms with Crippen LogP contribution in [0.4, 0.5) is 23.1 Å². The number of methoxy groups -OCH3 is 2. The standard InChI is InChI=1S/C22H21N7O3/c1-31-16-10-15(11-17(12-16)32-2)25-20-18(7-4-8-24-20)21-27-22(29-28-21)26-14-6-3-5-13(9-14)19(23)30/h3-12H,1-2H3,(H2,23,30)(H,24,25)(H2,26,27,28,29). The number of H-pyrrole nitrogens is 1. The zero-order valence-electron chi connectivity index (χ0n) is 17.4. The fourth-order valence-corrected chi connectivity index (χ4v) is 3.03. The van der Waals surface area contributed by atoms with Crippen LogP contribution in [0.3, 0.4) is 0 Å². The lowest BCUT2D eigenvalue weighted by Crippen LogP contribution is -2.10. The Morgan fingerprint density at radius 2 is 1.75 bits per heavy atom. The Bertz CT molecular complexity index is 1230. The largest absolute Gasteiger partial charge is 0.497 e. The molecule has 0 spiro atoms. The number of carbonyl (C=O) groups is 1. The van der Waals surface area contributed by atoms with Gasteiger partial charge >= 0.3 is 0 Å². The monoisotopic (exact) mass is 431 g/mol. The van der Waals surface area contributed by atoms with Gasteiger partial charge in [-0.15, -0.1) is 5.10 Å². The quantitative estimate of drug-likeness (QED) is 0.332. The van der Waals surface area contributed by atoms with E-state index in [9.17, 15) is 4.79 Å². The molecule has 5 N–H and O–H groups in total. The number of nitrogens with one attached hydrogen (secondary N) is 3. The summed E-state index contributed by atoms with van der Waals surface area (Å²) in [5.74, 6) is 2.19. The molecular weight excluding hydrogens is 410 g/mol. The second kappa shape index (κ2) is 9.04. The molecule has 0 aliphatic carbocycles. The number of pyridine rings is 1. The molecule has 0 fully saturated rings. The van der Waals surface area contributed by atoms with Crippen LogP contribution in [-0.4, -0.2) is 40.3 Å². The van der Waals surface area contributed by atoms with Gasteiger partial charge in [0.2, 0.25) is 11.9 Å². The van der Waals surface area contributed by atoms with E-state index in [0.29, 0.717) is 45.9 Å². The normalized spacial score (nSPS) is 10.4. The molecule has 0 saturated carbocycles. The SMILES string of the molecule is COc1cc(Nc2ncccc2-c2nc(Nc3cccc(C(N)=O)c3)n[nH]2)cc(OC)c1. The van der Waals surface area contributed by atoms with Crippen LogP contribution in [0.25, 0.3) is 11.4 Å². The topological polar surface area (TPSA) is 140 Å². The summed E-state index contributed by atoms with van der Waals surface area (Å²) in [6.45, 7) is 0. The minimum absolute atomic E-state index is 0.333. The first kappa shape index (κ1) is 20.7. The fourth-order valence-electron chi connectivity index (χ4n) is 3.03. The van der Waals surface area contributed by atoms with Crippen LogP contribution in [0.15, 0.2) is 60.8 Å². The highest BCUT2D eigenvalue weighted by Gasteiger charge is 2.13. The molecule has 0 unspecified atom stereocenters. The van der Waals surface area contributed by atoms with Crippen molar-refractivity contribution in [1.82, 2.24) is 20.2 Å². The predicted octanol–water partition coefficient (Wildman–Crippen LogP) is 3.47. The summed E-state index contributed by atoms with van der Waals surface area (Å²) in [4.78, 5) is 20.3. The molecule has 4 rings (SSSR count). The third-order valence-corrected chi connectivity index (χ3v) is 4.57. The van der Waals surface area contributed by atoms with Crippen LogP contribution in [0.5, 0.6) is 11.5 Å². The van der Waals surface area contributed by atoms with Gasteiger partial charge in [-0.3, -0.25) is 9.89 Å². The molecule has 32 heavy (non-hydrogen) atoms. The van der Waals surface area contributed by atoms with E-state index in [-0.39, 0.29) is 0 Å². The number of carbonyl (C=O) groups excluding carboxylic acids is 1. The van der Waals surface area contributed by atoms with Crippen molar-refractivity contribution in [3.8, 4) is 22.9 Å². The number of hydrogen-bond acceptors (Lipinski definition) is 8. The van der Waals surface area contributed by atoms with E-state index in [1.165, 1.54) is 0 Å². The highest BCUT2D eigenvalue weighted by molar-refractivity contribution is 5.93. The number of aromatic amines is 1. The highest BCUT2D eigenvalue weighted by atomic mass is 16.5. The summed E-state index contributed by atoms with van der Waals surface area (Å²) >= 11 is 0. The van der Waals surface area contributed by atoms with Crippen molar-refractivity contribution in [2.75, 3.05) is 24.9 Å². The van der Waals surface area contributed by atoms with Crippen molar-refractivity contribution in [3.05, 3.63) is 66.4 Å². The third kappa shape index (κ3) is 4.59. The lowest BCUT2D eigenvalue weighted by atomic mass is 10.2. The zero-order valence-corrected chi connectivity index (χ0v) is 17.4. The molecule has 0 bridgehead atoms. The minimum Gasteiger partial charge on any atom is -0.497 e. The van der Waals surface area contributed by atoms with Gasteiger partial charge in [0.25, 0.3) is 0 Å². The Labute approximate surface area is 183 Å². The van der Waals surface area contributed by atoms with E-state index >= 15 is 0 Å². The number of amides is 1. The summed E-state index contributed by atoms with van der Waals surface area (Å²) in [6.07, 6.45) is 1.67. The molecule has 0 saturated heterocycles. The first-order valence-electron chi connectivity index (χ1n) is 9.60. The number of aromatic nitrogens is 4. The van der Waals surface area contributed by atoms with Gasteiger partial charge in [-0.25, -0.2) is 4.98 Å². The van der Waals surface area contributed by atoms with Crippen molar-refractivity contribution in [2.24, 2.45) is 5.73 Å². The van der Waals surface area contributed by atoms with Gasteiger partial charge in [0.05, 0.1) is 19.8 Å². The Balaban J connectivity index is 1.59. The Kier molecular flexibility index (Phi) is 5.84. The number of hydrogen-bond donors (Lipinski definition) is 4. The minimum atomic E-state index is -0.510. The average molecular weight is 431 g/mol. The van der Waals surface area contributed by atoms with Crippen LogP contribution in [0, 0.1) is 0 Å². The van der Waals surface area contributed by atoms with E-state index < -0.39 is 5.91 Å². The van der Waals surface area contributed by atoms with E-state index in [1.54, 1.807) is 56.8 Å². The molecule has 0 aliphatic rings. The van der Waals surface area contributed by atoms with Gasteiger partial charge in [0, 0.05) is 41.3 Å². The maximum atomic E-state index is 11.4. The summed E-state index contributed by atoms with van der Waals surface area (Å²) in [5, 5.41) is 13.4. The number of primary amides is 1. The van der Waals surface area contributed by atoms with Crippen LogP contribution in [-0.2, 0) is 0 Å². The maximum absolute atomic E-state index is 11.4. The number of benzene rings is 2. The molecular formula is C22H21N7O3. The summed E-state index contributed by atoms with van der Waals surface area (Å²) in [7, 11) is 3.18. The Morgan fingerprint density at radius 1 is 0.969 bits per heavy atom. The smallest absolute Gasteiger partial charge is 0.248 e. The number of ether oxygens (including phenoxy) is 2. The lowest BCUT2D eigenvalue weighted by Gasteiger charge is -2.12. The summed E-state index contributed by atoms with van der Waals surface area (Å²) in [6, 6.07) is 15.9. The van der Waals surface area contributed by atoms with Gasteiger partial charge < -0.3 is 25.8 Å². The van der Waals surface area contributed by atoms with Crippen LogP contribution in [0.2, 0.25) is 0 Å². The van der Waals surface area contributed by atoms with E-state index in [1.807, 2.05) is 18.2 Å². The maximum Gasteiger partial charge on any atom is 0.248 e. The Morgan fingerprint density at radius 3 is 2.47 bits per heavy atom. The van der Waals surface area contributed by atoms with Gasteiger partial charge in [-0.2, -0.15) is 4.98 Å². The molecule has 162 valence electrons. The number of nitrogens with two attached hydrogens (primary N) is 1. The molecule has 10 nitrogen and oxygen atoms in total. The predicted molar refractivity (Wildman–Crippen MR) is 121 cm³/mol. The van der Waals surface area contributed by atoms with Gasteiger partial charge in [-0.1, -0.05) is 6.07 Å². The van der Waals surface area contributed by atoms with Gasteiger partial charge in [0.1, 0.15) is 17.3 Å². The van der Waals surface area contributed by atoms with Crippen molar-refractivity contribution in [1.29, 1.82) is 0 Å². The molecule has 2 aromatic carbocycles. The molecule has 0 aliphatic heterocycles. The fraction of sp³-hybridized carbons (Fsp3) is 0.0909. The summed E-state index contributed by atoms with van der Waals surface area (Å²) in [5.41, 5.74) is 7.81.